The fourth-order valence-electron chi connectivity index (χ4n) is 1.56. The average Bonchev–Trinajstić information content (AvgIpc) is 2.48. The summed E-state index contributed by atoms with van der Waals surface area (Å²) >= 11 is 1.48. The first-order valence-corrected chi connectivity index (χ1v) is 7.32. The first-order chi connectivity index (χ1) is 9.74. The second-order valence-electron chi connectivity index (χ2n) is 4.37. The second-order valence-corrected chi connectivity index (χ2v) is 5.36. The minimum Gasteiger partial charge on any atom is -0.377 e. The summed E-state index contributed by atoms with van der Waals surface area (Å²) < 4.78 is 0. The van der Waals surface area contributed by atoms with Crippen molar-refractivity contribution in [1.29, 1.82) is 0 Å². The summed E-state index contributed by atoms with van der Waals surface area (Å²) in [6.07, 6.45) is 1.69. The van der Waals surface area contributed by atoms with Gasteiger partial charge in [-0.15, -0.1) is 5.10 Å². The van der Waals surface area contributed by atoms with Crippen LogP contribution in [-0.4, -0.2) is 11.4 Å². The van der Waals surface area contributed by atoms with Gasteiger partial charge in [-0.2, -0.15) is 5.10 Å². The van der Waals surface area contributed by atoms with Gasteiger partial charge >= 0.3 is 0 Å². The van der Waals surface area contributed by atoms with E-state index in [0.717, 1.165) is 11.3 Å². The molecule has 0 radical (unpaired) electrons. The topological polar surface area (TPSA) is 50.7 Å². The molecule has 0 heterocycles. The highest BCUT2D eigenvalue weighted by Crippen LogP contribution is 2.12. The number of amidine groups is 1. The quantitative estimate of drug-likeness (QED) is 0.530. The lowest BCUT2D eigenvalue weighted by atomic mass is 10.2. The molecule has 3 nitrogen and oxygen atoms in total. The Labute approximate surface area is 123 Å². The minimum absolute atomic E-state index is 0.470. The molecule has 20 heavy (non-hydrogen) atoms. The Morgan fingerprint density at radius 2 is 1.80 bits per heavy atom. The molecular weight excluding hydrogens is 266 g/mol. The fourth-order valence-corrected chi connectivity index (χ4v) is 2.17. The molecule has 4 heteroatoms. The van der Waals surface area contributed by atoms with E-state index in [1.807, 2.05) is 30.3 Å². The van der Waals surface area contributed by atoms with Crippen molar-refractivity contribution in [2.45, 2.75) is 12.7 Å². The number of rotatable bonds is 4. The van der Waals surface area contributed by atoms with E-state index in [-0.39, 0.29) is 0 Å². The van der Waals surface area contributed by atoms with Gasteiger partial charge in [0.15, 0.2) is 5.17 Å². The summed E-state index contributed by atoms with van der Waals surface area (Å²) in [7, 11) is 0. The van der Waals surface area contributed by atoms with Gasteiger partial charge in [0, 0.05) is 5.75 Å². The van der Waals surface area contributed by atoms with Gasteiger partial charge in [-0.25, -0.2) is 0 Å². The van der Waals surface area contributed by atoms with Crippen LogP contribution in [0.4, 0.5) is 0 Å². The average molecular weight is 283 g/mol. The van der Waals surface area contributed by atoms with Crippen LogP contribution in [0.3, 0.4) is 0 Å². The predicted octanol–water partition coefficient (Wildman–Crippen LogP) is 3.58. The van der Waals surface area contributed by atoms with E-state index in [0.29, 0.717) is 5.17 Å². The number of nitrogens with two attached hydrogens (primary N) is 1. The lowest BCUT2D eigenvalue weighted by Crippen LogP contribution is -2.06. The molecule has 0 aliphatic rings. The molecule has 2 aromatic rings. The molecule has 0 aromatic heterocycles. The molecule has 0 saturated heterocycles. The van der Waals surface area contributed by atoms with Crippen LogP contribution in [-0.2, 0) is 5.75 Å². The fraction of sp³-hybridized carbons (Fsp3) is 0.125. The van der Waals surface area contributed by atoms with E-state index in [2.05, 4.69) is 41.4 Å². The first kappa shape index (κ1) is 14.3. The molecule has 0 atom stereocenters. The molecule has 102 valence electrons. The van der Waals surface area contributed by atoms with Crippen LogP contribution in [0.5, 0.6) is 0 Å². The third kappa shape index (κ3) is 4.90. The van der Waals surface area contributed by atoms with Gasteiger partial charge in [-0.1, -0.05) is 71.9 Å². The SMILES string of the molecule is Cc1ccc(CS/C(N)=N/N=C/c2ccccc2)cc1. The van der Waals surface area contributed by atoms with Crippen LogP contribution in [0.15, 0.2) is 64.8 Å². The van der Waals surface area contributed by atoms with Crippen molar-refractivity contribution in [1.82, 2.24) is 0 Å². The molecule has 2 aromatic carbocycles. The van der Waals surface area contributed by atoms with Crippen LogP contribution in [0.25, 0.3) is 0 Å². The molecule has 2 rings (SSSR count). The van der Waals surface area contributed by atoms with Crippen LogP contribution >= 0.6 is 11.8 Å². The largest absolute Gasteiger partial charge is 0.377 e. The molecule has 0 amide bonds. The summed E-state index contributed by atoms with van der Waals surface area (Å²) in [5.74, 6) is 0.802. The summed E-state index contributed by atoms with van der Waals surface area (Å²) in [6.45, 7) is 2.07. The minimum atomic E-state index is 0.470. The normalized spacial score (nSPS) is 11.9. The second kappa shape index (κ2) is 7.50. The zero-order valence-electron chi connectivity index (χ0n) is 11.4. The Bertz CT molecular complexity index is 589. The molecule has 0 aliphatic heterocycles. The zero-order chi connectivity index (χ0) is 14.2. The molecule has 2 N–H and O–H groups in total. The van der Waals surface area contributed by atoms with Gasteiger partial charge in [0.1, 0.15) is 0 Å². The number of hydrogen-bond acceptors (Lipinski definition) is 3. The van der Waals surface area contributed by atoms with Gasteiger partial charge in [0.25, 0.3) is 0 Å². The Kier molecular flexibility index (Phi) is 5.38. The Morgan fingerprint density at radius 3 is 2.50 bits per heavy atom. The van der Waals surface area contributed by atoms with Crippen molar-refractivity contribution in [2.24, 2.45) is 15.9 Å². The smallest absolute Gasteiger partial charge is 0.180 e. The maximum absolute atomic E-state index is 5.81. The maximum atomic E-state index is 5.81. The number of thioether (sulfide) groups is 1. The molecule has 0 fully saturated rings. The summed E-state index contributed by atoms with van der Waals surface area (Å²) in [4.78, 5) is 0. The van der Waals surface area contributed by atoms with Gasteiger partial charge in [-0.05, 0) is 18.1 Å². The Hall–Kier alpha value is -2.07. The Morgan fingerprint density at radius 1 is 1.10 bits per heavy atom. The van der Waals surface area contributed by atoms with E-state index in [1.165, 1.54) is 22.9 Å². The van der Waals surface area contributed by atoms with Crippen LogP contribution < -0.4 is 5.73 Å². The molecule has 0 saturated carbocycles. The molecule has 0 bridgehead atoms. The van der Waals surface area contributed by atoms with Gasteiger partial charge in [-0.3, -0.25) is 0 Å². The van der Waals surface area contributed by atoms with Crippen molar-refractivity contribution >= 4 is 23.1 Å². The standard InChI is InChI=1S/C16H17N3S/c1-13-7-9-15(10-8-13)12-20-16(17)19-18-11-14-5-3-2-4-6-14/h2-11H,12H2,1H3,(H2,17,19)/b18-11+. The monoisotopic (exact) mass is 283 g/mol. The molecular formula is C16H17N3S. The molecule has 0 unspecified atom stereocenters. The number of nitrogens with zero attached hydrogens (tertiary/aromatic N) is 2. The summed E-state index contributed by atoms with van der Waals surface area (Å²) in [5, 5.41) is 8.43. The predicted molar refractivity (Wildman–Crippen MR) is 88.1 cm³/mol. The van der Waals surface area contributed by atoms with E-state index in [4.69, 9.17) is 5.73 Å². The van der Waals surface area contributed by atoms with Crippen LogP contribution in [0.1, 0.15) is 16.7 Å². The number of aryl methyl sites for hydroxylation is 1. The Balaban J connectivity index is 1.85. The van der Waals surface area contributed by atoms with E-state index < -0.39 is 0 Å². The summed E-state index contributed by atoms with van der Waals surface area (Å²) in [6, 6.07) is 18.2. The lowest BCUT2D eigenvalue weighted by Gasteiger charge is -2.00. The van der Waals surface area contributed by atoms with Crippen molar-refractivity contribution < 1.29 is 0 Å². The molecule has 0 aliphatic carbocycles. The maximum Gasteiger partial charge on any atom is 0.180 e. The molecule has 0 spiro atoms. The third-order valence-corrected chi connectivity index (χ3v) is 3.53. The van der Waals surface area contributed by atoms with Gasteiger partial charge in [0.05, 0.1) is 6.21 Å². The summed E-state index contributed by atoms with van der Waals surface area (Å²) in [5.41, 5.74) is 9.31. The van der Waals surface area contributed by atoms with Crippen LogP contribution in [0.2, 0.25) is 0 Å². The lowest BCUT2D eigenvalue weighted by molar-refractivity contribution is 1.25. The highest BCUT2D eigenvalue weighted by Gasteiger charge is 1.96. The third-order valence-electron chi connectivity index (χ3n) is 2.67. The van der Waals surface area contributed by atoms with Crippen molar-refractivity contribution in [3.63, 3.8) is 0 Å². The highest BCUT2D eigenvalue weighted by atomic mass is 32.2. The van der Waals surface area contributed by atoms with Crippen LogP contribution in [0, 0.1) is 6.92 Å². The van der Waals surface area contributed by atoms with E-state index >= 15 is 0 Å². The highest BCUT2D eigenvalue weighted by molar-refractivity contribution is 8.13. The first-order valence-electron chi connectivity index (χ1n) is 6.34. The van der Waals surface area contributed by atoms with Crippen molar-refractivity contribution in [2.75, 3.05) is 0 Å². The number of hydrogen-bond donors (Lipinski definition) is 1. The van der Waals surface area contributed by atoms with E-state index in [9.17, 15) is 0 Å². The number of benzene rings is 2. The van der Waals surface area contributed by atoms with Gasteiger partial charge < -0.3 is 5.73 Å². The van der Waals surface area contributed by atoms with Crippen molar-refractivity contribution in [3.8, 4) is 0 Å². The van der Waals surface area contributed by atoms with Crippen molar-refractivity contribution in [3.05, 3.63) is 71.3 Å². The van der Waals surface area contributed by atoms with Gasteiger partial charge in [0.2, 0.25) is 0 Å². The zero-order valence-corrected chi connectivity index (χ0v) is 12.2. The van der Waals surface area contributed by atoms with E-state index in [1.54, 1.807) is 6.21 Å².